The molecule has 2 heterocycles. The van der Waals surface area contributed by atoms with E-state index in [9.17, 15) is 9.59 Å². The summed E-state index contributed by atoms with van der Waals surface area (Å²) in [6, 6.07) is 4.90. The standard InChI is InChI=1S/C14H12N2O3S/c17-13-4-2-9-5-10(14(18)19)1-3-12(9)16(13)6-11-7-20-8-15-11/h1,3,5,7-8H,2,4,6H2,(H,18,19). The van der Waals surface area contributed by atoms with Gasteiger partial charge in [-0.15, -0.1) is 11.3 Å². The zero-order valence-corrected chi connectivity index (χ0v) is 11.4. The van der Waals surface area contributed by atoms with Gasteiger partial charge in [0.25, 0.3) is 0 Å². The van der Waals surface area contributed by atoms with Crippen LogP contribution in [0.2, 0.25) is 0 Å². The molecule has 0 aliphatic carbocycles. The average molecular weight is 288 g/mol. The Morgan fingerprint density at radius 1 is 1.40 bits per heavy atom. The molecule has 2 aromatic rings. The molecule has 0 radical (unpaired) electrons. The fourth-order valence-corrected chi connectivity index (χ4v) is 2.89. The van der Waals surface area contributed by atoms with Gasteiger partial charge in [0.05, 0.1) is 23.3 Å². The van der Waals surface area contributed by atoms with E-state index in [0.717, 1.165) is 16.9 Å². The molecule has 1 aliphatic heterocycles. The molecule has 0 bridgehead atoms. The van der Waals surface area contributed by atoms with Gasteiger partial charge in [0, 0.05) is 17.5 Å². The number of anilines is 1. The number of nitrogens with zero attached hydrogens (tertiary/aromatic N) is 2. The molecule has 0 atom stereocenters. The highest BCUT2D eigenvalue weighted by atomic mass is 32.1. The van der Waals surface area contributed by atoms with Crippen molar-refractivity contribution in [3.05, 3.63) is 45.9 Å². The average Bonchev–Trinajstić information content (AvgIpc) is 2.94. The molecule has 1 aromatic carbocycles. The molecule has 3 rings (SSSR count). The third-order valence-corrected chi connectivity index (χ3v) is 3.97. The number of carboxylic acids is 1. The van der Waals surface area contributed by atoms with Gasteiger partial charge in [0.1, 0.15) is 0 Å². The van der Waals surface area contributed by atoms with Crippen molar-refractivity contribution >= 4 is 28.9 Å². The molecular formula is C14H12N2O3S. The topological polar surface area (TPSA) is 70.5 Å². The van der Waals surface area contributed by atoms with Crippen molar-refractivity contribution < 1.29 is 14.7 Å². The lowest BCUT2D eigenvalue weighted by atomic mass is 9.98. The second kappa shape index (κ2) is 5.05. The summed E-state index contributed by atoms with van der Waals surface area (Å²) in [6.07, 6.45) is 0.989. The molecule has 0 saturated heterocycles. The van der Waals surface area contributed by atoms with Gasteiger partial charge in [-0.25, -0.2) is 9.78 Å². The van der Waals surface area contributed by atoms with Gasteiger partial charge in [-0.05, 0) is 30.2 Å². The summed E-state index contributed by atoms with van der Waals surface area (Å²) in [6.45, 7) is 0.432. The molecule has 0 saturated carbocycles. The van der Waals surface area contributed by atoms with E-state index in [2.05, 4.69) is 4.98 Å². The molecule has 0 spiro atoms. The first-order valence-electron chi connectivity index (χ1n) is 6.19. The number of hydrogen-bond donors (Lipinski definition) is 1. The predicted octanol–water partition coefficient (Wildman–Crippen LogP) is 2.32. The summed E-state index contributed by atoms with van der Waals surface area (Å²) in [7, 11) is 0. The first kappa shape index (κ1) is 12.8. The van der Waals surface area contributed by atoms with Crippen molar-refractivity contribution in [2.75, 3.05) is 4.90 Å². The minimum atomic E-state index is -0.948. The number of benzene rings is 1. The lowest BCUT2D eigenvalue weighted by Crippen LogP contribution is -2.34. The van der Waals surface area contributed by atoms with Crippen LogP contribution >= 0.6 is 11.3 Å². The number of aryl methyl sites for hydroxylation is 1. The first-order chi connectivity index (χ1) is 9.65. The van der Waals surface area contributed by atoms with E-state index in [1.54, 1.807) is 22.5 Å². The van der Waals surface area contributed by atoms with Gasteiger partial charge in [-0.1, -0.05) is 0 Å². The van der Waals surface area contributed by atoms with E-state index in [1.165, 1.54) is 17.4 Å². The van der Waals surface area contributed by atoms with Crippen molar-refractivity contribution in [2.45, 2.75) is 19.4 Å². The van der Waals surface area contributed by atoms with Crippen LogP contribution in [0.5, 0.6) is 0 Å². The fourth-order valence-electron chi connectivity index (χ4n) is 2.34. The fraction of sp³-hybridized carbons (Fsp3) is 0.214. The zero-order chi connectivity index (χ0) is 14.1. The lowest BCUT2D eigenvalue weighted by Gasteiger charge is -2.29. The number of rotatable bonds is 3. The number of fused-ring (bicyclic) bond motifs is 1. The number of carbonyl (C=O) groups excluding carboxylic acids is 1. The van der Waals surface area contributed by atoms with Crippen LogP contribution in [0.4, 0.5) is 5.69 Å². The maximum atomic E-state index is 12.1. The van der Waals surface area contributed by atoms with Crippen LogP contribution in [0.15, 0.2) is 29.1 Å². The van der Waals surface area contributed by atoms with E-state index in [1.807, 2.05) is 5.38 Å². The molecular weight excluding hydrogens is 276 g/mol. The number of amides is 1. The van der Waals surface area contributed by atoms with E-state index in [4.69, 9.17) is 5.11 Å². The Bertz CT molecular complexity index is 667. The summed E-state index contributed by atoms with van der Waals surface area (Å²) in [5.41, 5.74) is 4.53. The lowest BCUT2D eigenvalue weighted by molar-refractivity contribution is -0.119. The zero-order valence-electron chi connectivity index (χ0n) is 10.6. The van der Waals surface area contributed by atoms with Crippen LogP contribution in [0.1, 0.15) is 28.0 Å². The van der Waals surface area contributed by atoms with E-state index >= 15 is 0 Å². The number of aromatic nitrogens is 1. The Hall–Kier alpha value is -2.21. The molecule has 5 nitrogen and oxygen atoms in total. The molecule has 1 amide bonds. The van der Waals surface area contributed by atoms with E-state index in [-0.39, 0.29) is 11.5 Å². The normalized spacial score (nSPS) is 14.2. The monoisotopic (exact) mass is 288 g/mol. The largest absolute Gasteiger partial charge is 0.478 e. The van der Waals surface area contributed by atoms with Crippen LogP contribution in [0.3, 0.4) is 0 Å². The number of hydrogen-bond acceptors (Lipinski definition) is 4. The number of aromatic carboxylic acids is 1. The van der Waals surface area contributed by atoms with Crippen LogP contribution in [0.25, 0.3) is 0 Å². The second-order valence-corrected chi connectivity index (χ2v) is 5.33. The maximum Gasteiger partial charge on any atom is 0.335 e. The third kappa shape index (κ3) is 2.30. The Kier molecular flexibility index (Phi) is 3.23. The summed E-state index contributed by atoms with van der Waals surface area (Å²) < 4.78 is 0. The highest BCUT2D eigenvalue weighted by Crippen LogP contribution is 2.30. The Morgan fingerprint density at radius 3 is 2.95 bits per heavy atom. The van der Waals surface area contributed by atoms with Gasteiger partial charge >= 0.3 is 5.97 Å². The SMILES string of the molecule is O=C(O)c1ccc2c(c1)CCC(=O)N2Cc1cscn1. The van der Waals surface area contributed by atoms with E-state index < -0.39 is 5.97 Å². The Labute approximate surface area is 119 Å². The maximum absolute atomic E-state index is 12.1. The predicted molar refractivity (Wildman–Crippen MR) is 75.0 cm³/mol. The van der Waals surface area contributed by atoms with Crippen LogP contribution in [0, 0.1) is 0 Å². The summed E-state index contributed by atoms with van der Waals surface area (Å²) in [5.74, 6) is -0.899. The second-order valence-electron chi connectivity index (χ2n) is 4.61. The highest BCUT2D eigenvalue weighted by molar-refractivity contribution is 7.07. The quantitative estimate of drug-likeness (QED) is 0.941. The molecule has 1 N–H and O–H groups in total. The van der Waals surface area contributed by atoms with Gasteiger partial charge in [0.2, 0.25) is 5.91 Å². The molecule has 102 valence electrons. The number of carboxylic acid groups (broad SMARTS) is 1. The molecule has 1 aliphatic rings. The van der Waals surface area contributed by atoms with Crippen molar-refractivity contribution in [1.82, 2.24) is 4.98 Å². The summed E-state index contributed by atoms with van der Waals surface area (Å²) in [5, 5.41) is 10.9. The van der Waals surface area contributed by atoms with E-state index in [0.29, 0.717) is 19.4 Å². The van der Waals surface area contributed by atoms with Gasteiger partial charge in [-0.3, -0.25) is 4.79 Å². The van der Waals surface area contributed by atoms with Gasteiger partial charge in [-0.2, -0.15) is 0 Å². The summed E-state index contributed by atoms with van der Waals surface area (Å²) >= 11 is 1.49. The van der Waals surface area contributed by atoms with Gasteiger partial charge < -0.3 is 10.0 Å². The van der Waals surface area contributed by atoms with Crippen molar-refractivity contribution in [3.8, 4) is 0 Å². The Morgan fingerprint density at radius 2 is 2.25 bits per heavy atom. The molecule has 1 aromatic heterocycles. The molecule has 20 heavy (non-hydrogen) atoms. The minimum Gasteiger partial charge on any atom is -0.478 e. The molecule has 0 fully saturated rings. The minimum absolute atomic E-state index is 0.0496. The smallest absolute Gasteiger partial charge is 0.335 e. The summed E-state index contributed by atoms with van der Waals surface area (Å²) in [4.78, 5) is 29.0. The third-order valence-electron chi connectivity index (χ3n) is 3.33. The first-order valence-corrected chi connectivity index (χ1v) is 7.13. The molecule has 6 heteroatoms. The number of carbonyl (C=O) groups is 2. The van der Waals surface area contributed by atoms with Gasteiger partial charge in [0.15, 0.2) is 0 Å². The van der Waals surface area contributed by atoms with Crippen molar-refractivity contribution in [1.29, 1.82) is 0 Å². The van der Waals surface area contributed by atoms with Crippen molar-refractivity contribution in [3.63, 3.8) is 0 Å². The highest BCUT2D eigenvalue weighted by Gasteiger charge is 2.25. The van der Waals surface area contributed by atoms with Crippen LogP contribution < -0.4 is 4.90 Å². The van der Waals surface area contributed by atoms with Crippen molar-refractivity contribution in [2.24, 2.45) is 0 Å². The molecule has 0 unspecified atom stereocenters. The number of thiazole rings is 1. The Balaban J connectivity index is 1.96. The van der Waals surface area contributed by atoms with Crippen LogP contribution in [-0.4, -0.2) is 22.0 Å². The van der Waals surface area contributed by atoms with Crippen LogP contribution in [-0.2, 0) is 17.8 Å².